The zero-order valence-electron chi connectivity index (χ0n) is 10.3. The number of fused-ring (bicyclic) bond motifs is 1. The Bertz CT molecular complexity index is 589. The number of hydrogen-bond acceptors (Lipinski definition) is 2. The summed E-state index contributed by atoms with van der Waals surface area (Å²) < 4.78 is 0. The van der Waals surface area contributed by atoms with Crippen molar-refractivity contribution in [3.05, 3.63) is 65.2 Å². The van der Waals surface area contributed by atoms with Crippen molar-refractivity contribution in [2.45, 2.75) is 12.8 Å². The smallest absolute Gasteiger partial charge is 0.195 e. The number of benzene rings is 2. The maximum atomic E-state index is 12.5. The van der Waals surface area contributed by atoms with Crippen LogP contribution >= 0.6 is 0 Å². The third kappa shape index (κ3) is 1.70. The van der Waals surface area contributed by atoms with Gasteiger partial charge in [0.1, 0.15) is 0 Å². The molecule has 2 nitrogen and oxygen atoms in total. The van der Waals surface area contributed by atoms with Crippen molar-refractivity contribution in [1.82, 2.24) is 0 Å². The summed E-state index contributed by atoms with van der Waals surface area (Å²) in [6, 6.07) is 15.4. The fourth-order valence-corrected chi connectivity index (χ4v) is 2.48. The van der Waals surface area contributed by atoms with Crippen LogP contribution in [0.2, 0.25) is 0 Å². The first-order chi connectivity index (χ1) is 8.77. The summed E-state index contributed by atoms with van der Waals surface area (Å²) in [4.78, 5) is 12.5. The van der Waals surface area contributed by atoms with Crippen molar-refractivity contribution in [3.63, 3.8) is 0 Å². The molecule has 1 heterocycles. The molecule has 0 aliphatic carbocycles. The number of para-hydroxylation sites is 1. The Labute approximate surface area is 107 Å². The predicted molar refractivity (Wildman–Crippen MR) is 73.2 cm³/mol. The minimum Gasteiger partial charge on any atom is -0.384 e. The predicted octanol–water partition coefficient (Wildman–Crippen LogP) is 3.45. The van der Waals surface area contributed by atoms with E-state index >= 15 is 0 Å². The summed E-state index contributed by atoms with van der Waals surface area (Å²) in [6.07, 6.45) is 0. The van der Waals surface area contributed by atoms with E-state index in [4.69, 9.17) is 0 Å². The van der Waals surface area contributed by atoms with Crippen molar-refractivity contribution in [2.75, 3.05) is 11.9 Å². The Morgan fingerprint density at radius 1 is 1.11 bits per heavy atom. The molecule has 2 heteroatoms. The summed E-state index contributed by atoms with van der Waals surface area (Å²) in [7, 11) is 0. The van der Waals surface area contributed by atoms with Crippen LogP contribution in [0.25, 0.3) is 0 Å². The standard InChI is InChI=1S/C16H15NO/c1-11-10-17-15-13(11)8-5-9-14(15)16(18)12-6-3-2-4-7-12/h2-9,11,17H,10H2,1H3/t11-/m1/s1. The van der Waals surface area contributed by atoms with E-state index in [1.54, 1.807) is 0 Å². The van der Waals surface area contributed by atoms with Crippen LogP contribution in [-0.2, 0) is 0 Å². The number of anilines is 1. The Balaban J connectivity index is 2.07. The van der Waals surface area contributed by atoms with Gasteiger partial charge in [-0.3, -0.25) is 4.79 Å². The monoisotopic (exact) mass is 237 g/mol. The molecular formula is C16H15NO. The number of rotatable bonds is 2. The van der Waals surface area contributed by atoms with E-state index in [-0.39, 0.29) is 5.78 Å². The molecule has 1 aliphatic rings. The van der Waals surface area contributed by atoms with Crippen LogP contribution in [0.4, 0.5) is 5.69 Å². The Hall–Kier alpha value is -2.09. The number of carbonyl (C=O) groups is 1. The van der Waals surface area contributed by atoms with Gasteiger partial charge in [-0.2, -0.15) is 0 Å². The van der Waals surface area contributed by atoms with Crippen LogP contribution in [0.1, 0.15) is 34.3 Å². The van der Waals surface area contributed by atoms with E-state index in [1.807, 2.05) is 42.5 Å². The van der Waals surface area contributed by atoms with E-state index in [2.05, 4.69) is 18.3 Å². The largest absolute Gasteiger partial charge is 0.384 e. The summed E-state index contributed by atoms with van der Waals surface area (Å²) in [6.45, 7) is 3.09. The lowest BCUT2D eigenvalue weighted by atomic mass is 9.96. The zero-order chi connectivity index (χ0) is 12.5. The summed E-state index contributed by atoms with van der Waals surface area (Å²) in [5.41, 5.74) is 3.78. The van der Waals surface area contributed by atoms with Crippen molar-refractivity contribution >= 4 is 11.5 Å². The van der Waals surface area contributed by atoms with Gasteiger partial charge in [0.25, 0.3) is 0 Å². The molecule has 1 atom stereocenters. The molecule has 18 heavy (non-hydrogen) atoms. The van der Waals surface area contributed by atoms with Crippen molar-refractivity contribution in [3.8, 4) is 0 Å². The maximum absolute atomic E-state index is 12.5. The second-order valence-electron chi connectivity index (χ2n) is 4.75. The second-order valence-corrected chi connectivity index (χ2v) is 4.75. The minimum atomic E-state index is 0.0917. The Morgan fingerprint density at radius 2 is 1.89 bits per heavy atom. The van der Waals surface area contributed by atoms with Gasteiger partial charge in [-0.25, -0.2) is 0 Å². The van der Waals surface area contributed by atoms with Crippen LogP contribution in [-0.4, -0.2) is 12.3 Å². The fraction of sp³-hybridized carbons (Fsp3) is 0.188. The topological polar surface area (TPSA) is 29.1 Å². The normalized spacial score (nSPS) is 17.1. The average molecular weight is 237 g/mol. The number of ketones is 1. The molecule has 2 aromatic rings. The molecule has 1 aliphatic heterocycles. The lowest BCUT2D eigenvalue weighted by molar-refractivity contribution is 0.103. The molecule has 0 bridgehead atoms. The van der Waals surface area contributed by atoms with Crippen molar-refractivity contribution in [2.24, 2.45) is 0 Å². The molecule has 1 N–H and O–H groups in total. The Kier molecular flexibility index (Phi) is 2.63. The summed E-state index contributed by atoms with van der Waals surface area (Å²) >= 11 is 0. The third-order valence-electron chi connectivity index (χ3n) is 3.49. The maximum Gasteiger partial charge on any atom is 0.195 e. The first kappa shape index (κ1) is 11.0. The first-order valence-electron chi connectivity index (χ1n) is 6.24. The van der Waals surface area contributed by atoms with Gasteiger partial charge in [-0.15, -0.1) is 0 Å². The number of carbonyl (C=O) groups excluding carboxylic acids is 1. The minimum absolute atomic E-state index is 0.0917. The van der Waals surface area contributed by atoms with Crippen molar-refractivity contribution in [1.29, 1.82) is 0 Å². The van der Waals surface area contributed by atoms with Crippen LogP contribution in [0.3, 0.4) is 0 Å². The first-order valence-corrected chi connectivity index (χ1v) is 6.24. The van der Waals surface area contributed by atoms with Crippen LogP contribution < -0.4 is 5.32 Å². The van der Waals surface area contributed by atoms with E-state index in [1.165, 1.54) is 5.56 Å². The molecule has 0 amide bonds. The zero-order valence-corrected chi connectivity index (χ0v) is 10.3. The second kappa shape index (κ2) is 4.30. The molecule has 0 radical (unpaired) electrons. The van der Waals surface area contributed by atoms with Crippen LogP contribution in [0.5, 0.6) is 0 Å². The Morgan fingerprint density at radius 3 is 2.67 bits per heavy atom. The van der Waals surface area contributed by atoms with E-state index in [0.29, 0.717) is 5.92 Å². The highest BCUT2D eigenvalue weighted by Crippen LogP contribution is 2.34. The highest BCUT2D eigenvalue weighted by molar-refractivity contribution is 6.12. The molecule has 0 saturated heterocycles. The summed E-state index contributed by atoms with van der Waals surface area (Å²) in [5, 5.41) is 3.35. The molecule has 3 rings (SSSR count). The van der Waals surface area contributed by atoms with Crippen LogP contribution in [0.15, 0.2) is 48.5 Å². The van der Waals surface area contributed by atoms with Gasteiger partial charge >= 0.3 is 0 Å². The van der Waals surface area contributed by atoms with Gasteiger partial charge in [0.15, 0.2) is 5.78 Å². The molecule has 2 aromatic carbocycles. The SMILES string of the molecule is C[C@@H]1CNc2c(C(=O)c3ccccc3)cccc21. The molecule has 0 aromatic heterocycles. The lowest BCUT2D eigenvalue weighted by Crippen LogP contribution is -2.05. The van der Waals surface area contributed by atoms with Gasteiger partial charge in [0.05, 0.1) is 0 Å². The van der Waals surface area contributed by atoms with Gasteiger partial charge in [0, 0.05) is 29.3 Å². The highest BCUT2D eigenvalue weighted by atomic mass is 16.1. The fourth-order valence-electron chi connectivity index (χ4n) is 2.48. The van der Waals surface area contributed by atoms with E-state index in [9.17, 15) is 4.79 Å². The van der Waals surface area contributed by atoms with Crippen LogP contribution in [0, 0.1) is 0 Å². The molecular weight excluding hydrogens is 222 g/mol. The molecule has 0 unspecified atom stereocenters. The number of hydrogen-bond donors (Lipinski definition) is 1. The van der Waals surface area contributed by atoms with E-state index in [0.717, 1.165) is 23.4 Å². The molecule has 0 spiro atoms. The van der Waals surface area contributed by atoms with Gasteiger partial charge in [-0.1, -0.05) is 49.4 Å². The highest BCUT2D eigenvalue weighted by Gasteiger charge is 2.23. The summed E-state index contributed by atoms with van der Waals surface area (Å²) in [5.74, 6) is 0.567. The van der Waals surface area contributed by atoms with Gasteiger partial charge in [0.2, 0.25) is 0 Å². The van der Waals surface area contributed by atoms with E-state index < -0.39 is 0 Å². The van der Waals surface area contributed by atoms with Gasteiger partial charge < -0.3 is 5.32 Å². The quantitative estimate of drug-likeness (QED) is 0.810. The lowest BCUT2D eigenvalue weighted by Gasteiger charge is -2.08. The third-order valence-corrected chi connectivity index (χ3v) is 3.49. The van der Waals surface area contributed by atoms with Gasteiger partial charge in [-0.05, 0) is 11.6 Å². The van der Waals surface area contributed by atoms with Crippen molar-refractivity contribution < 1.29 is 4.79 Å². The number of nitrogens with one attached hydrogen (secondary N) is 1. The molecule has 0 fully saturated rings. The average Bonchev–Trinajstić information content (AvgIpc) is 2.81. The molecule has 0 saturated carbocycles. The molecule has 90 valence electrons.